The van der Waals surface area contributed by atoms with Gasteiger partial charge in [-0.15, -0.1) is 34.0 Å². The van der Waals surface area contributed by atoms with Crippen molar-refractivity contribution in [3.63, 3.8) is 0 Å². The van der Waals surface area contributed by atoms with E-state index in [0.29, 0.717) is 9.88 Å². The number of alkyl carbamates (subject to hydrolysis) is 1. The summed E-state index contributed by atoms with van der Waals surface area (Å²) in [5.74, 6) is -0.895. The standard InChI is InChI=1S/C15H12N2O4S3/c1-2-21-15(20)17-12(18)8-3-5-23-14(8)16-13(19)11-7-10-9(24-11)4-6-22-10/h3-7H,2H2,1H3,(H,16,19)(H,17,18,20). The lowest BCUT2D eigenvalue weighted by molar-refractivity contribution is 0.0926. The van der Waals surface area contributed by atoms with E-state index >= 15 is 0 Å². The third kappa shape index (κ3) is 3.48. The first-order valence-corrected chi connectivity index (χ1v) is 9.50. The number of hydrogen-bond acceptors (Lipinski definition) is 7. The molecular weight excluding hydrogens is 368 g/mol. The number of rotatable bonds is 4. The van der Waals surface area contributed by atoms with E-state index in [1.807, 2.05) is 17.5 Å². The Hall–Kier alpha value is -2.23. The molecule has 0 atom stereocenters. The van der Waals surface area contributed by atoms with Gasteiger partial charge in [0.25, 0.3) is 11.8 Å². The van der Waals surface area contributed by atoms with Crippen molar-refractivity contribution in [2.75, 3.05) is 11.9 Å². The van der Waals surface area contributed by atoms with Crippen molar-refractivity contribution in [3.8, 4) is 0 Å². The molecule has 0 aliphatic heterocycles. The van der Waals surface area contributed by atoms with Crippen molar-refractivity contribution in [2.45, 2.75) is 6.92 Å². The van der Waals surface area contributed by atoms with Crippen molar-refractivity contribution < 1.29 is 19.1 Å². The molecule has 9 heteroatoms. The predicted octanol–water partition coefficient (Wildman–Crippen LogP) is 4.16. The molecule has 24 heavy (non-hydrogen) atoms. The molecule has 3 aromatic rings. The third-order valence-electron chi connectivity index (χ3n) is 2.99. The van der Waals surface area contributed by atoms with Crippen LogP contribution < -0.4 is 10.6 Å². The Morgan fingerprint density at radius 1 is 1.08 bits per heavy atom. The summed E-state index contributed by atoms with van der Waals surface area (Å²) in [4.78, 5) is 36.4. The first kappa shape index (κ1) is 16.6. The number of carbonyl (C=O) groups excluding carboxylic acids is 3. The Bertz CT molecular complexity index is 880. The maximum absolute atomic E-state index is 12.4. The number of fused-ring (bicyclic) bond motifs is 1. The quantitative estimate of drug-likeness (QED) is 0.712. The Labute approximate surface area is 149 Å². The summed E-state index contributed by atoms with van der Waals surface area (Å²) in [6.07, 6.45) is -0.815. The largest absolute Gasteiger partial charge is 0.450 e. The molecule has 0 fully saturated rings. The summed E-state index contributed by atoms with van der Waals surface area (Å²) in [7, 11) is 0. The lowest BCUT2D eigenvalue weighted by Gasteiger charge is -2.06. The van der Waals surface area contributed by atoms with E-state index < -0.39 is 12.0 Å². The van der Waals surface area contributed by atoms with Gasteiger partial charge in [0.05, 0.1) is 17.0 Å². The summed E-state index contributed by atoms with van der Waals surface area (Å²) in [5.41, 5.74) is 0.222. The number of amides is 3. The Morgan fingerprint density at radius 2 is 1.88 bits per heavy atom. The lowest BCUT2D eigenvalue weighted by atomic mass is 10.3. The molecular formula is C15H12N2O4S3. The zero-order valence-electron chi connectivity index (χ0n) is 12.5. The van der Waals surface area contributed by atoms with Crippen LogP contribution in [-0.4, -0.2) is 24.5 Å². The smallest absolute Gasteiger partial charge is 0.414 e. The van der Waals surface area contributed by atoms with Crippen LogP contribution in [0.2, 0.25) is 0 Å². The van der Waals surface area contributed by atoms with Crippen molar-refractivity contribution in [3.05, 3.63) is 39.4 Å². The van der Waals surface area contributed by atoms with Crippen molar-refractivity contribution in [2.24, 2.45) is 0 Å². The van der Waals surface area contributed by atoms with Gasteiger partial charge in [-0.05, 0) is 35.9 Å². The predicted molar refractivity (Wildman–Crippen MR) is 96.5 cm³/mol. The Morgan fingerprint density at radius 3 is 2.62 bits per heavy atom. The number of anilines is 1. The van der Waals surface area contributed by atoms with E-state index in [4.69, 9.17) is 0 Å². The first-order valence-electron chi connectivity index (χ1n) is 6.92. The van der Waals surface area contributed by atoms with Gasteiger partial charge in [-0.2, -0.15) is 0 Å². The minimum atomic E-state index is -0.815. The number of ether oxygens (including phenoxy) is 1. The van der Waals surface area contributed by atoms with Gasteiger partial charge in [-0.3, -0.25) is 14.9 Å². The molecule has 2 N–H and O–H groups in total. The van der Waals surface area contributed by atoms with Crippen molar-refractivity contribution in [1.82, 2.24) is 5.32 Å². The van der Waals surface area contributed by atoms with Gasteiger partial charge in [0.1, 0.15) is 5.00 Å². The van der Waals surface area contributed by atoms with Gasteiger partial charge >= 0.3 is 6.09 Å². The molecule has 0 aliphatic rings. The topological polar surface area (TPSA) is 84.5 Å². The molecule has 0 saturated heterocycles. The van der Waals surface area contributed by atoms with Crippen LogP contribution in [0.5, 0.6) is 0 Å². The van der Waals surface area contributed by atoms with Gasteiger partial charge in [0.2, 0.25) is 0 Å². The van der Waals surface area contributed by atoms with Crippen LogP contribution in [0.4, 0.5) is 9.80 Å². The van der Waals surface area contributed by atoms with E-state index in [0.717, 1.165) is 9.40 Å². The second-order valence-electron chi connectivity index (χ2n) is 4.55. The van der Waals surface area contributed by atoms with Gasteiger partial charge in [0.15, 0.2) is 0 Å². The molecule has 6 nitrogen and oxygen atoms in total. The zero-order chi connectivity index (χ0) is 17.1. The van der Waals surface area contributed by atoms with E-state index in [9.17, 15) is 14.4 Å². The maximum Gasteiger partial charge on any atom is 0.414 e. The summed E-state index contributed by atoms with van der Waals surface area (Å²) in [6.45, 7) is 1.81. The fourth-order valence-corrected chi connectivity index (χ4v) is 4.74. The fourth-order valence-electron chi connectivity index (χ4n) is 1.95. The maximum atomic E-state index is 12.4. The summed E-state index contributed by atoms with van der Waals surface area (Å²) >= 11 is 4.18. The van der Waals surface area contributed by atoms with E-state index in [1.54, 1.807) is 29.7 Å². The van der Waals surface area contributed by atoms with E-state index in [-0.39, 0.29) is 18.1 Å². The fraction of sp³-hybridized carbons (Fsp3) is 0.133. The highest BCUT2D eigenvalue weighted by atomic mass is 32.1. The highest BCUT2D eigenvalue weighted by Crippen LogP contribution is 2.31. The SMILES string of the molecule is CCOC(=O)NC(=O)c1ccsc1NC(=O)c1cc2sccc2s1. The molecule has 0 aromatic carbocycles. The van der Waals surface area contributed by atoms with Crippen LogP contribution in [-0.2, 0) is 4.74 Å². The second kappa shape index (κ2) is 7.12. The molecule has 0 spiro atoms. The Kier molecular flexibility index (Phi) is 4.93. The molecule has 3 heterocycles. The highest BCUT2D eigenvalue weighted by molar-refractivity contribution is 7.28. The van der Waals surface area contributed by atoms with Crippen LogP contribution in [0.15, 0.2) is 29.0 Å². The van der Waals surface area contributed by atoms with Crippen molar-refractivity contribution >= 4 is 66.3 Å². The second-order valence-corrected chi connectivity index (χ2v) is 7.50. The lowest BCUT2D eigenvalue weighted by Crippen LogP contribution is -2.31. The minimum Gasteiger partial charge on any atom is -0.450 e. The average Bonchev–Trinajstić information content (AvgIpc) is 3.22. The highest BCUT2D eigenvalue weighted by Gasteiger charge is 2.19. The minimum absolute atomic E-state index is 0.168. The molecule has 0 aliphatic carbocycles. The first-order chi connectivity index (χ1) is 11.6. The number of imide groups is 1. The molecule has 0 radical (unpaired) electrons. The van der Waals surface area contributed by atoms with Crippen LogP contribution in [0.1, 0.15) is 27.0 Å². The van der Waals surface area contributed by atoms with Gasteiger partial charge in [-0.25, -0.2) is 4.79 Å². The molecule has 0 unspecified atom stereocenters. The number of carbonyl (C=O) groups is 3. The normalized spacial score (nSPS) is 10.5. The summed E-state index contributed by atoms with van der Waals surface area (Å²) in [5, 5.41) is 8.87. The number of hydrogen-bond donors (Lipinski definition) is 2. The zero-order valence-corrected chi connectivity index (χ0v) is 14.9. The van der Waals surface area contributed by atoms with Gasteiger partial charge in [-0.1, -0.05) is 0 Å². The number of thiophene rings is 3. The van der Waals surface area contributed by atoms with Crippen LogP contribution in [0, 0.1) is 0 Å². The average molecular weight is 380 g/mol. The molecule has 3 amide bonds. The molecule has 0 saturated carbocycles. The summed E-state index contributed by atoms with van der Waals surface area (Å²) < 4.78 is 6.78. The molecule has 124 valence electrons. The third-order valence-corrected chi connectivity index (χ3v) is 5.91. The molecule has 0 bridgehead atoms. The van der Waals surface area contributed by atoms with E-state index in [1.165, 1.54) is 22.7 Å². The van der Waals surface area contributed by atoms with Crippen molar-refractivity contribution in [1.29, 1.82) is 0 Å². The van der Waals surface area contributed by atoms with E-state index in [2.05, 4.69) is 15.4 Å². The Balaban J connectivity index is 1.73. The summed E-state index contributed by atoms with van der Waals surface area (Å²) in [6, 6.07) is 5.33. The molecule has 3 rings (SSSR count). The van der Waals surface area contributed by atoms with Crippen LogP contribution in [0.3, 0.4) is 0 Å². The molecule has 3 aromatic heterocycles. The van der Waals surface area contributed by atoms with Crippen LogP contribution in [0.25, 0.3) is 9.40 Å². The van der Waals surface area contributed by atoms with Gasteiger partial charge < -0.3 is 10.1 Å². The number of nitrogens with one attached hydrogen (secondary N) is 2. The monoisotopic (exact) mass is 380 g/mol. The van der Waals surface area contributed by atoms with Crippen LogP contribution >= 0.6 is 34.0 Å². The van der Waals surface area contributed by atoms with Gasteiger partial charge in [0, 0.05) is 9.40 Å².